The predicted octanol–water partition coefficient (Wildman–Crippen LogP) is 4.25. The van der Waals surface area contributed by atoms with Crippen LogP contribution in [0.3, 0.4) is 0 Å². The summed E-state index contributed by atoms with van der Waals surface area (Å²) in [7, 11) is 0. The molecule has 4 nitrogen and oxygen atoms in total. The maximum atomic E-state index is 12.7. The van der Waals surface area contributed by atoms with Crippen molar-refractivity contribution in [2.75, 3.05) is 18.5 Å². The monoisotopic (exact) mass is 355 g/mol. The Bertz CT molecular complexity index is 685. The van der Waals surface area contributed by atoms with Gasteiger partial charge in [0.25, 0.3) is 0 Å². The number of rotatable bonds is 6. The van der Waals surface area contributed by atoms with Gasteiger partial charge in [-0.05, 0) is 55.0 Å². The summed E-state index contributed by atoms with van der Waals surface area (Å²) in [6.07, 6.45) is -3.79. The van der Waals surface area contributed by atoms with Crippen LogP contribution in [-0.4, -0.2) is 19.1 Å². The molecule has 0 bridgehead atoms. The molecule has 0 aliphatic rings. The second-order valence-corrected chi connectivity index (χ2v) is 5.16. The average Bonchev–Trinajstić information content (AvgIpc) is 2.56. The van der Waals surface area contributed by atoms with Crippen LogP contribution in [0.1, 0.15) is 12.0 Å². The Balaban J connectivity index is 1.66. The molecule has 0 aromatic heterocycles. The number of benzene rings is 2. The first-order valence-electron chi connectivity index (χ1n) is 7.50. The number of guanidine groups is 1. The fraction of sp³-hybridized carbons (Fsp3) is 0.235. The van der Waals surface area contributed by atoms with Crippen molar-refractivity contribution >= 4 is 11.6 Å². The highest BCUT2D eigenvalue weighted by molar-refractivity contribution is 5.91. The predicted molar refractivity (Wildman–Crippen MR) is 87.3 cm³/mol. The lowest BCUT2D eigenvalue weighted by molar-refractivity contribution is -0.137. The quantitative estimate of drug-likeness (QED) is 0.314. The van der Waals surface area contributed by atoms with Gasteiger partial charge in [-0.2, -0.15) is 13.2 Å². The van der Waals surface area contributed by atoms with Gasteiger partial charge in [-0.3, -0.25) is 5.41 Å². The van der Waals surface area contributed by atoms with Gasteiger partial charge in [0.15, 0.2) is 5.96 Å². The lowest BCUT2D eigenvalue weighted by Gasteiger charge is -2.12. The van der Waals surface area contributed by atoms with E-state index in [9.17, 15) is 17.6 Å². The first kappa shape index (κ1) is 18.6. The molecule has 8 heteroatoms. The number of ether oxygens (including phenoxy) is 1. The summed E-state index contributed by atoms with van der Waals surface area (Å²) in [5.41, 5.74) is -0.358. The van der Waals surface area contributed by atoms with Crippen molar-refractivity contribution in [2.24, 2.45) is 0 Å². The van der Waals surface area contributed by atoms with Crippen molar-refractivity contribution in [1.29, 1.82) is 5.41 Å². The van der Waals surface area contributed by atoms with Crippen LogP contribution in [0.15, 0.2) is 48.5 Å². The number of hydrogen-bond acceptors (Lipinski definition) is 2. The first-order chi connectivity index (χ1) is 11.8. The molecular formula is C17H17F4N3O. The second kappa shape index (κ2) is 8.36. The van der Waals surface area contributed by atoms with Crippen molar-refractivity contribution in [1.82, 2.24) is 5.32 Å². The largest absolute Gasteiger partial charge is 0.494 e. The molecule has 0 heterocycles. The van der Waals surface area contributed by atoms with E-state index in [2.05, 4.69) is 10.6 Å². The molecule has 2 aromatic rings. The van der Waals surface area contributed by atoms with Crippen LogP contribution in [0.4, 0.5) is 23.2 Å². The van der Waals surface area contributed by atoms with Crippen LogP contribution < -0.4 is 15.4 Å². The Morgan fingerprint density at radius 1 is 1.00 bits per heavy atom. The number of nitrogens with one attached hydrogen (secondary N) is 3. The summed E-state index contributed by atoms with van der Waals surface area (Å²) >= 11 is 0. The molecule has 0 unspecified atom stereocenters. The maximum absolute atomic E-state index is 12.7. The third kappa shape index (κ3) is 6.33. The van der Waals surface area contributed by atoms with Crippen LogP contribution in [0.2, 0.25) is 0 Å². The molecule has 0 atom stereocenters. The molecule has 3 N–H and O–H groups in total. The maximum Gasteiger partial charge on any atom is 0.416 e. The van der Waals surface area contributed by atoms with E-state index in [0.29, 0.717) is 31.0 Å². The number of anilines is 1. The summed E-state index contributed by atoms with van der Waals surface area (Å²) in [5, 5.41) is 13.1. The number of hydrogen-bond donors (Lipinski definition) is 3. The van der Waals surface area contributed by atoms with Crippen LogP contribution in [0, 0.1) is 11.2 Å². The molecule has 134 valence electrons. The molecule has 25 heavy (non-hydrogen) atoms. The lowest BCUT2D eigenvalue weighted by Crippen LogP contribution is -2.31. The highest BCUT2D eigenvalue weighted by Crippen LogP contribution is 2.29. The van der Waals surface area contributed by atoms with Crippen LogP contribution >= 0.6 is 0 Å². The van der Waals surface area contributed by atoms with Gasteiger partial charge in [0.1, 0.15) is 11.6 Å². The van der Waals surface area contributed by atoms with Gasteiger partial charge >= 0.3 is 6.18 Å². The molecule has 0 spiro atoms. The van der Waals surface area contributed by atoms with Gasteiger partial charge in [0.2, 0.25) is 0 Å². The zero-order valence-corrected chi connectivity index (χ0v) is 13.2. The Kier molecular flexibility index (Phi) is 6.21. The van der Waals surface area contributed by atoms with E-state index in [1.54, 1.807) is 0 Å². The van der Waals surface area contributed by atoms with Gasteiger partial charge in [0.05, 0.1) is 12.2 Å². The molecule has 0 aliphatic carbocycles. The van der Waals surface area contributed by atoms with Gasteiger partial charge in [-0.25, -0.2) is 4.39 Å². The third-order valence-corrected chi connectivity index (χ3v) is 3.19. The van der Waals surface area contributed by atoms with Crippen molar-refractivity contribution in [3.8, 4) is 5.75 Å². The normalized spacial score (nSPS) is 11.0. The van der Waals surface area contributed by atoms with E-state index in [0.717, 1.165) is 12.1 Å². The van der Waals surface area contributed by atoms with Crippen molar-refractivity contribution in [3.05, 3.63) is 59.9 Å². The van der Waals surface area contributed by atoms with Gasteiger partial charge in [-0.1, -0.05) is 0 Å². The van der Waals surface area contributed by atoms with Crippen LogP contribution in [0.25, 0.3) is 0 Å². The number of alkyl halides is 3. The average molecular weight is 355 g/mol. The van der Waals surface area contributed by atoms with E-state index in [-0.39, 0.29) is 11.8 Å². The van der Waals surface area contributed by atoms with Crippen LogP contribution in [0.5, 0.6) is 5.75 Å². The SMILES string of the molecule is N=C(NCCCOc1ccc(F)cc1)Nc1ccc(C(F)(F)F)cc1. The molecule has 2 rings (SSSR count). The van der Waals surface area contributed by atoms with E-state index in [1.807, 2.05) is 0 Å². The van der Waals surface area contributed by atoms with Gasteiger partial charge in [-0.15, -0.1) is 0 Å². The zero-order valence-electron chi connectivity index (χ0n) is 13.2. The Labute approximate surface area is 142 Å². The summed E-state index contributed by atoms with van der Waals surface area (Å²) in [6.45, 7) is 0.819. The van der Waals surface area contributed by atoms with E-state index in [4.69, 9.17) is 10.1 Å². The minimum Gasteiger partial charge on any atom is -0.494 e. The van der Waals surface area contributed by atoms with E-state index < -0.39 is 11.7 Å². The van der Waals surface area contributed by atoms with Gasteiger partial charge in [0, 0.05) is 12.2 Å². The van der Waals surface area contributed by atoms with Crippen molar-refractivity contribution in [2.45, 2.75) is 12.6 Å². The summed E-state index contributed by atoms with van der Waals surface area (Å²) in [4.78, 5) is 0. The molecule has 0 saturated carbocycles. The van der Waals surface area contributed by atoms with E-state index >= 15 is 0 Å². The Hall–Kier alpha value is -2.77. The van der Waals surface area contributed by atoms with Crippen LogP contribution in [-0.2, 0) is 6.18 Å². The fourth-order valence-corrected chi connectivity index (χ4v) is 1.94. The van der Waals surface area contributed by atoms with Gasteiger partial charge < -0.3 is 15.4 Å². The zero-order chi connectivity index (χ0) is 18.3. The molecular weight excluding hydrogens is 338 g/mol. The molecule has 0 fully saturated rings. The minimum absolute atomic E-state index is 0.0264. The second-order valence-electron chi connectivity index (χ2n) is 5.16. The lowest BCUT2D eigenvalue weighted by atomic mass is 10.2. The third-order valence-electron chi connectivity index (χ3n) is 3.19. The standard InChI is InChI=1S/C17H17F4N3O/c18-13-4-8-15(9-5-13)25-11-1-10-23-16(22)24-14-6-2-12(3-7-14)17(19,20)21/h2-9H,1,10-11H2,(H3,22,23,24). The summed E-state index contributed by atoms with van der Waals surface area (Å²) in [6, 6.07) is 10.1. The molecule has 0 radical (unpaired) electrons. The Morgan fingerprint density at radius 3 is 2.24 bits per heavy atom. The van der Waals surface area contributed by atoms with Crippen molar-refractivity contribution < 1.29 is 22.3 Å². The highest BCUT2D eigenvalue weighted by Gasteiger charge is 2.29. The first-order valence-corrected chi connectivity index (χ1v) is 7.50. The smallest absolute Gasteiger partial charge is 0.416 e. The molecule has 2 aromatic carbocycles. The summed E-state index contributed by atoms with van der Waals surface area (Å²) < 4.78 is 55.5. The summed E-state index contributed by atoms with van der Waals surface area (Å²) in [5.74, 6) is 0.192. The Morgan fingerprint density at radius 2 is 1.64 bits per heavy atom. The fourth-order valence-electron chi connectivity index (χ4n) is 1.94. The molecule has 0 saturated heterocycles. The van der Waals surface area contributed by atoms with Crippen molar-refractivity contribution in [3.63, 3.8) is 0 Å². The minimum atomic E-state index is -4.38. The number of halogens is 4. The van der Waals surface area contributed by atoms with E-state index in [1.165, 1.54) is 36.4 Å². The topological polar surface area (TPSA) is 57.1 Å². The molecule has 0 amide bonds. The highest BCUT2D eigenvalue weighted by atomic mass is 19.4. The molecule has 0 aliphatic heterocycles.